The molecule has 13 nitrogen and oxygen atoms in total. The molecule has 0 aliphatic carbocycles. The van der Waals surface area contributed by atoms with Crippen molar-refractivity contribution in [3.8, 4) is 22.4 Å². The highest BCUT2D eigenvalue weighted by Crippen LogP contribution is 2.32. The van der Waals surface area contributed by atoms with E-state index >= 15 is 8.78 Å². The number of methoxy groups -OCH3 is 1. The number of halogens is 3. The Morgan fingerprint density at radius 1 is 1.00 bits per heavy atom. The van der Waals surface area contributed by atoms with Crippen molar-refractivity contribution >= 4 is 35.0 Å². The quantitative estimate of drug-likeness (QED) is 0.250. The Kier molecular flexibility index (Phi) is 10.5. The van der Waals surface area contributed by atoms with E-state index in [2.05, 4.69) is 29.5 Å². The molecule has 2 fully saturated rings. The van der Waals surface area contributed by atoms with Crippen molar-refractivity contribution in [2.45, 2.75) is 25.0 Å². The minimum atomic E-state index is -1.38. The summed E-state index contributed by atoms with van der Waals surface area (Å²) in [5, 5.41) is 18.0. The number of nitrogens with one attached hydrogen (secondary N) is 1. The maximum absolute atomic E-state index is 15.4. The van der Waals surface area contributed by atoms with E-state index in [1.54, 1.807) is 27.8 Å². The molecular formula is C36H42ClF2N8O5+. The van der Waals surface area contributed by atoms with Gasteiger partial charge in [-0.1, -0.05) is 17.7 Å². The molecule has 2 aliphatic heterocycles. The van der Waals surface area contributed by atoms with E-state index in [-0.39, 0.29) is 58.1 Å². The van der Waals surface area contributed by atoms with Crippen LogP contribution in [0.3, 0.4) is 0 Å². The molecule has 4 heterocycles. The number of carbonyl (C=O) groups is 3. The first-order chi connectivity index (χ1) is 24.7. The Morgan fingerprint density at radius 3 is 2.33 bits per heavy atom. The van der Waals surface area contributed by atoms with Crippen molar-refractivity contribution in [3.05, 3.63) is 77.0 Å². The summed E-state index contributed by atoms with van der Waals surface area (Å²) in [4.78, 5) is 47.2. The minimum absolute atomic E-state index is 0.0410. The fourth-order valence-corrected chi connectivity index (χ4v) is 6.87. The number of amides is 3. The maximum atomic E-state index is 15.4. The number of imidazole rings is 1. The largest absolute Gasteiger partial charge is 0.383 e. The molecular weight excluding hydrogens is 698 g/mol. The number of carbonyl (C=O) groups excluding carboxylic acids is 3. The van der Waals surface area contributed by atoms with Crippen LogP contribution in [-0.2, 0) is 23.1 Å². The number of hydrogen-bond acceptors (Lipinski definition) is 7. The third-order valence-electron chi connectivity index (χ3n) is 9.99. The SMILES string of the molecule is COCCn1cc(-c2ccc(-c3cnc(C(=O)Nc4ccc(C(=O)N5CCN(C(=O)C6(O)CC[N+](C)(C)CC6)CC5)c(Cl)c4)n3C)c(F)c2F)cn1. The van der Waals surface area contributed by atoms with E-state index in [0.29, 0.717) is 63.4 Å². The molecule has 0 atom stereocenters. The number of piperidine rings is 1. The molecule has 2 aliphatic rings. The molecule has 2 saturated heterocycles. The van der Waals surface area contributed by atoms with Gasteiger partial charge < -0.3 is 34.0 Å². The zero-order chi connectivity index (χ0) is 37.4. The zero-order valence-corrected chi connectivity index (χ0v) is 30.3. The summed E-state index contributed by atoms with van der Waals surface area (Å²) in [5.41, 5.74) is -0.305. The van der Waals surface area contributed by atoms with Crippen LogP contribution in [0.5, 0.6) is 0 Å². The monoisotopic (exact) mass is 739 g/mol. The molecule has 2 N–H and O–H groups in total. The molecule has 0 bridgehead atoms. The number of nitrogens with zero attached hydrogens (tertiary/aromatic N) is 7. The van der Waals surface area contributed by atoms with E-state index in [9.17, 15) is 19.5 Å². The Bertz CT molecular complexity index is 2000. The lowest BCUT2D eigenvalue weighted by atomic mass is 9.89. The van der Waals surface area contributed by atoms with Gasteiger partial charge in [-0.3, -0.25) is 19.1 Å². The van der Waals surface area contributed by atoms with Crippen molar-refractivity contribution in [1.82, 2.24) is 29.1 Å². The van der Waals surface area contributed by atoms with Crippen molar-refractivity contribution in [1.29, 1.82) is 0 Å². The van der Waals surface area contributed by atoms with E-state index < -0.39 is 23.1 Å². The standard InChI is InChI=1S/C36H41ClF2N8O5/c1-43-29(27-8-7-25(30(38)31(27)39)23-20-41-46(22-23)15-18-52-4)21-40-32(43)33(48)42-24-5-6-26(28(37)19-24)34(49)44-11-13-45(14-12-44)35(50)36(51)9-16-47(2,3)17-10-36/h5-8,19-22,51H,9-18H2,1-4H3/p+1. The van der Waals surface area contributed by atoms with Gasteiger partial charge >= 0.3 is 0 Å². The Balaban J connectivity index is 1.08. The van der Waals surface area contributed by atoms with E-state index in [0.717, 1.165) is 4.48 Å². The van der Waals surface area contributed by atoms with E-state index in [4.69, 9.17) is 16.3 Å². The molecule has 3 amide bonds. The maximum Gasteiger partial charge on any atom is 0.291 e. The highest BCUT2D eigenvalue weighted by molar-refractivity contribution is 6.34. The first kappa shape index (κ1) is 37.1. The van der Waals surface area contributed by atoms with Gasteiger partial charge in [-0.2, -0.15) is 5.10 Å². The summed E-state index contributed by atoms with van der Waals surface area (Å²) in [5.74, 6) is -3.46. The van der Waals surface area contributed by atoms with Crippen molar-refractivity contribution in [2.75, 3.05) is 72.4 Å². The lowest BCUT2D eigenvalue weighted by Crippen LogP contribution is -2.61. The number of likely N-dealkylation sites (tertiary alicyclic amines) is 1. The first-order valence-corrected chi connectivity index (χ1v) is 17.3. The summed E-state index contributed by atoms with van der Waals surface area (Å²) in [6, 6.07) is 7.36. The molecule has 276 valence electrons. The number of benzene rings is 2. The number of aliphatic hydroxyl groups is 1. The molecule has 2 aromatic carbocycles. The van der Waals surface area contributed by atoms with Crippen molar-refractivity contribution < 1.29 is 37.5 Å². The molecule has 16 heteroatoms. The third-order valence-corrected chi connectivity index (χ3v) is 10.3. The van der Waals surface area contributed by atoms with Crippen LogP contribution in [0.4, 0.5) is 14.5 Å². The smallest absolute Gasteiger partial charge is 0.291 e. The van der Waals surface area contributed by atoms with Crippen molar-refractivity contribution in [3.63, 3.8) is 0 Å². The van der Waals surface area contributed by atoms with Crippen molar-refractivity contribution in [2.24, 2.45) is 7.05 Å². The lowest BCUT2D eigenvalue weighted by molar-refractivity contribution is -0.897. The van der Waals surface area contributed by atoms with Gasteiger partial charge in [-0.25, -0.2) is 13.8 Å². The van der Waals surface area contributed by atoms with Gasteiger partial charge in [0.15, 0.2) is 23.1 Å². The second-order valence-corrected chi connectivity index (χ2v) is 14.4. The van der Waals surface area contributed by atoms with Crippen LogP contribution < -0.4 is 5.32 Å². The lowest BCUT2D eigenvalue weighted by Gasteiger charge is -2.44. The fraction of sp³-hybridized carbons (Fsp3) is 0.417. The Morgan fingerprint density at radius 2 is 1.65 bits per heavy atom. The number of quaternary nitrogens is 1. The number of rotatable bonds is 9. The molecule has 0 saturated carbocycles. The minimum Gasteiger partial charge on any atom is -0.383 e. The topological polar surface area (TPSA) is 135 Å². The third kappa shape index (κ3) is 7.44. The van der Waals surface area contributed by atoms with Crippen LogP contribution in [0.15, 0.2) is 48.9 Å². The highest BCUT2D eigenvalue weighted by atomic mass is 35.5. The average molecular weight is 740 g/mol. The number of hydrogen-bond donors (Lipinski definition) is 2. The van der Waals surface area contributed by atoms with E-state index in [1.807, 2.05) is 0 Å². The molecule has 52 heavy (non-hydrogen) atoms. The summed E-state index contributed by atoms with van der Waals surface area (Å²) in [6.45, 7) is 3.45. The summed E-state index contributed by atoms with van der Waals surface area (Å²) in [6.07, 6.45) is 5.13. The Labute approximate surface area is 304 Å². The average Bonchev–Trinajstić information content (AvgIpc) is 3.76. The molecule has 2 aromatic heterocycles. The van der Waals surface area contributed by atoms with Gasteiger partial charge in [-0.15, -0.1) is 0 Å². The molecule has 4 aromatic rings. The Hall–Kier alpha value is -4.70. The summed E-state index contributed by atoms with van der Waals surface area (Å²) >= 11 is 6.52. The van der Waals surface area contributed by atoms with Crippen LogP contribution in [0, 0.1) is 11.6 Å². The normalized spacial score (nSPS) is 16.9. The van der Waals surface area contributed by atoms with Gasteiger partial charge in [-0.05, 0) is 24.3 Å². The van der Waals surface area contributed by atoms with Gasteiger partial charge in [0.1, 0.15) is 0 Å². The number of anilines is 1. The van der Waals surface area contributed by atoms with Gasteiger partial charge in [0.25, 0.3) is 17.7 Å². The molecule has 0 unspecified atom stereocenters. The molecule has 0 spiro atoms. The van der Waals surface area contributed by atoms with Crippen LogP contribution in [0.1, 0.15) is 33.8 Å². The summed E-state index contributed by atoms with van der Waals surface area (Å²) < 4.78 is 39.4. The van der Waals surface area contributed by atoms with Gasteiger partial charge in [0.2, 0.25) is 0 Å². The van der Waals surface area contributed by atoms with Gasteiger partial charge in [0.05, 0.1) is 69.0 Å². The second kappa shape index (κ2) is 14.7. The van der Waals surface area contributed by atoms with Gasteiger partial charge in [0, 0.05) is 81.8 Å². The van der Waals surface area contributed by atoms with Crippen LogP contribution in [0.2, 0.25) is 5.02 Å². The molecule has 6 rings (SSSR count). The fourth-order valence-electron chi connectivity index (χ4n) is 6.61. The predicted molar refractivity (Wildman–Crippen MR) is 190 cm³/mol. The molecule has 0 radical (unpaired) electrons. The highest BCUT2D eigenvalue weighted by Gasteiger charge is 2.46. The summed E-state index contributed by atoms with van der Waals surface area (Å²) in [7, 11) is 7.23. The number of ether oxygens (including phenoxy) is 1. The zero-order valence-electron chi connectivity index (χ0n) is 29.5. The van der Waals surface area contributed by atoms with E-state index in [1.165, 1.54) is 54.3 Å². The number of piperazine rings is 1. The number of aromatic nitrogens is 4. The first-order valence-electron chi connectivity index (χ1n) is 17.0. The second-order valence-electron chi connectivity index (χ2n) is 13.9. The van der Waals surface area contributed by atoms with Crippen LogP contribution in [0.25, 0.3) is 22.4 Å². The van der Waals surface area contributed by atoms with Crippen LogP contribution >= 0.6 is 11.6 Å². The van der Waals surface area contributed by atoms with Crippen LogP contribution in [-0.4, -0.2) is 129 Å². The predicted octanol–water partition coefficient (Wildman–Crippen LogP) is 3.67.